The van der Waals surface area contributed by atoms with Gasteiger partial charge in [-0.1, -0.05) is 18.2 Å². The largest absolute Gasteiger partial charge is 0.368 e. The van der Waals surface area contributed by atoms with Crippen LogP contribution < -0.4 is 10.2 Å². The summed E-state index contributed by atoms with van der Waals surface area (Å²) in [6.07, 6.45) is 0. The van der Waals surface area contributed by atoms with Crippen molar-refractivity contribution in [3.63, 3.8) is 0 Å². The van der Waals surface area contributed by atoms with Crippen molar-refractivity contribution in [1.82, 2.24) is 10.3 Å². The molecule has 3 rings (SSSR count). The summed E-state index contributed by atoms with van der Waals surface area (Å²) in [7, 11) is 0. The van der Waals surface area contributed by atoms with E-state index in [9.17, 15) is 0 Å². The van der Waals surface area contributed by atoms with Gasteiger partial charge in [-0.05, 0) is 25.5 Å². The molecule has 4 heteroatoms. The number of benzene rings is 1. The molecule has 0 saturated carbocycles. The Balaban J connectivity index is 0.00000133. The summed E-state index contributed by atoms with van der Waals surface area (Å²) in [5, 5.41) is 4.68. The van der Waals surface area contributed by atoms with Crippen LogP contribution in [0.1, 0.15) is 11.3 Å². The smallest absolute Gasteiger partial charge is 0.0755 e. The fraction of sp³-hybridized carbons (Fsp3) is 0.400. The summed E-state index contributed by atoms with van der Waals surface area (Å²) in [6, 6.07) is 8.66. The highest BCUT2D eigenvalue weighted by molar-refractivity contribution is 5.93. The summed E-state index contributed by atoms with van der Waals surface area (Å²) in [5.74, 6) is 0. The average Bonchev–Trinajstić information content (AvgIpc) is 2.40. The molecule has 1 aromatic carbocycles. The zero-order valence-electron chi connectivity index (χ0n) is 11.4. The second-order valence-corrected chi connectivity index (χ2v) is 4.99. The van der Waals surface area contributed by atoms with Gasteiger partial charge in [0.05, 0.1) is 5.52 Å². The van der Waals surface area contributed by atoms with E-state index in [4.69, 9.17) is 0 Å². The SMILES string of the molecule is Cc1cc(N2CCNCC2)c2cccc(C)c2n1.Cl. The summed E-state index contributed by atoms with van der Waals surface area (Å²) in [4.78, 5) is 7.15. The Kier molecular flexibility index (Phi) is 4.27. The fourth-order valence-electron chi connectivity index (χ4n) is 2.67. The van der Waals surface area contributed by atoms with Crippen molar-refractivity contribution in [2.45, 2.75) is 13.8 Å². The van der Waals surface area contributed by atoms with E-state index in [0.717, 1.165) is 37.4 Å². The third-order valence-electron chi connectivity index (χ3n) is 3.61. The van der Waals surface area contributed by atoms with Crippen LogP contribution in [0.2, 0.25) is 0 Å². The molecule has 0 bridgehead atoms. The van der Waals surface area contributed by atoms with Gasteiger partial charge in [-0.15, -0.1) is 12.4 Å². The van der Waals surface area contributed by atoms with Crippen LogP contribution in [0.15, 0.2) is 24.3 Å². The minimum atomic E-state index is 0. The van der Waals surface area contributed by atoms with Crippen molar-refractivity contribution in [3.8, 4) is 0 Å². The van der Waals surface area contributed by atoms with Crippen LogP contribution in [0.25, 0.3) is 10.9 Å². The van der Waals surface area contributed by atoms with Crippen molar-refractivity contribution < 1.29 is 0 Å². The van der Waals surface area contributed by atoms with Crippen LogP contribution in [0.5, 0.6) is 0 Å². The van der Waals surface area contributed by atoms with E-state index < -0.39 is 0 Å². The van der Waals surface area contributed by atoms with E-state index >= 15 is 0 Å². The molecule has 0 amide bonds. The van der Waals surface area contributed by atoms with Crippen molar-refractivity contribution in [2.75, 3.05) is 31.1 Å². The second kappa shape index (κ2) is 5.76. The molecule has 0 spiro atoms. The highest BCUT2D eigenvalue weighted by Crippen LogP contribution is 2.28. The molecule has 19 heavy (non-hydrogen) atoms. The predicted molar refractivity (Wildman–Crippen MR) is 83.5 cm³/mol. The molecule has 1 saturated heterocycles. The normalized spacial score (nSPS) is 15.4. The summed E-state index contributed by atoms with van der Waals surface area (Å²) >= 11 is 0. The van der Waals surface area contributed by atoms with Crippen LogP contribution in [0.4, 0.5) is 5.69 Å². The van der Waals surface area contributed by atoms with E-state index in [1.54, 1.807) is 0 Å². The number of pyridine rings is 1. The number of rotatable bonds is 1. The number of aryl methyl sites for hydroxylation is 2. The van der Waals surface area contributed by atoms with Crippen LogP contribution in [0.3, 0.4) is 0 Å². The molecule has 0 unspecified atom stereocenters. The third kappa shape index (κ3) is 2.67. The maximum absolute atomic E-state index is 4.69. The Morgan fingerprint density at radius 2 is 1.89 bits per heavy atom. The number of nitrogens with one attached hydrogen (secondary N) is 1. The lowest BCUT2D eigenvalue weighted by Gasteiger charge is -2.30. The van der Waals surface area contributed by atoms with Crippen LogP contribution in [0, 0.1) is 13.8 Å². The maximum Gasteiger partial charge on any atom is 0.0755 e. The van der Waals surface area contributed by atoms with Crippen LogP contribution in [-0.4, -0.2) is 31.2 Å². The summed E-state index contributed by atoms with van der Waals surface area (Å²) in [5.41, 5.74) is 4.84. The second-order valence-electron chi connectivity index (χ2n) is 4.99. The van der Waals surface area contributed by atoms with Crippen molar-refractivity contribution in [3.05, 3.63) is 35.5 Å². The standard InChI is InChI=1S/C15H19N3.ClH/c1-11-4-3-5-13-14(10-12(2)17-15(11)13)18-8-6-16-7-9-18;/h3-5,10,16H,6-9H2,1-2H3;1H. The first-order valence-electron chi connectivity index (χ1n) is 6.58. The molecule has 3 nitrogen and oxygen atoms in total. The Hall–Kier alpha value is -1.32. The molecule has 0 radical (unpaired) electrons. The lowest BCUT2D eigenvalue weighted by atomic mass is 10.1. The Bertz CT molecular complexity index is 577. The monoisotopic (exact) mass is 277 g/mol. The van der Waals surface area contributed by atoms with Crippen molar-refractivity contribution >= 4 is 29.0 Å². The summed E-state index contributed by atoms with van der Waals surface area (Å²) in [6.45, 7) is 8.50. The molecule has 2 aromatic rings. The van der Waals surface area contributed by atoms with Gasteiger partial charge in [0, 0.05) is 42.9 Å². The molecule has 0 aliphatic carbocycles. The first-order chi connectivity index (χ1) is 8.75. The van der Waals surface area contributed by atoms with E-state index in [1.165, 1.54) is 16.6 Å². The molecule has 0 atom stereocenters. The van der Waals surface area contributed by atoms with Gasteiger partial charge in [0.25, 0.3) is 0 Å². The quantitative estimate of drug-likeness (QED) is 0.869. The third-order valence-corrected chi connectivity index (χ3v) is 3.61. The zero-order valence-corrected chi connectivity index (χ0v) is 12.3. The van der Waals surface area contributed by atoms with Crippen molar-refractivity contribution in [1.29, 1.82) is 0 Å². The number of anilines is 1. The molecule has 2 heterocycles. The topological polar surface area (TPSA) is 28.2 Å². The number of nitrogens with zero attached hydrogens (tertiary/aromatic N) is 2. The summed E-state index contributed by atoms with van der Waals surface area (Å²) < 4.78 is 0. The number of halogens is 1. The fourth-order valence-corrected chi connectivity index (χ4v) is 2.67. The molecule has 1 aliphatic heterocycles. The maximum atomic E-state index is 4.69. The molecule has 1 N–H and O–H groups in total. The lowest BCUT2D eigenvalue weighted by molar-refractivity contribution is 0.590. The minimum Gasteiger partial charge on any atom is -0.368 e. The van der Waals surface area contributed by atoms with Crippen molar-refractivity contribution in [2.24, 2.45) is 0 Å². The number of para-hydroxylation sites is 1. The van der Waals surface area contributed by atoms with E-state index in [2.05, 4.69) is 53.3 Å². The van der Waals surface area contributed by atoms with E-state index in [1.807, 2.05) is 0 Å². The Morgan fingerprint density at radius 3 is 2.63 bits per heavy atom. The Morgan fingerprint density at radius 1 is 1.16 bits per heavy atom. The first kappa shape index (κ1) is 14.1. The van der Waals surface area contributed by atoms with Gasteiger partial charge in [-0.2, -0.15) is 0 Å². The molecule has 1 aromatic heterocycles. The molecular formula is C15H20ClN3. The number of piperazine rings is 1. The van der Waals surface area contributed by atoms with Crippen LogP contribution in [-0.2, 0) is 0 Å². The molecule has 1 aliphatic rings. The van der Waals surface area contributed by atoms with Crippen LogP contribution >= 0.6 is 12.4 Å². The first-order valence-corrected chi connectivity index (χ1v) is 6.58. The van der Waals surface area contributed by atoms with Gasteiger partial charge in [-0.25, -0.2) is 0 Å². The predicted octanol–water partition coefficient (Wildman–Crippen LogP) is 2.68. The lowest BCUT2D eigenvalue weighted by Crippen LogP contribution is -2.43. The number of fused-ring (bicyclic) bond motifs is 1. The average molecular weight is 278 g/mol. The van der Waals surface area contributed by atoms with Gasteiger partial charge in [0.1, 0.15) is 0 Å². The van der Waals surface area contributed by atoms with Gasteiger partial charge in [0.15, 0.2) is 0 Å². The number of hydrogen-bond acceptors (Lipinski definition) is 3. The van der Waals surface area contributed by atoms with E-state index in [-0.39, 0.29) is 12.4 Å². The van der Waals surface area contributed by atoms with Gasteiger partial charge >= 0.3 is 0 Å². The highest BCUT2D eigenvalue weighted by atomic mass is 35.5. The zero-order chi connectivity index (χ0) is 12.5. The highest BCUT2D eigenvalue weighted by Gasteiger charge is 2.14. The molecule has 102 valence electrons. The van der Waals surface area contributed by atoms with Gasteiger partial charge in [-0.3, -0.25) is 4.98 Å². The minimum absolute atomic E-state index is 0. The van der Waals surface area contributed by atoms with E-state index in [0.29, 0.717) is 0 Å². The number of hydrogen-bond donors (Lipinski definition) is 1. The molecule has 1 fully saturated rings. The molecular weight excluding hydrogens is 258 g/mol. The number of aromatic nitrogens is 1. The van der Waals surface area contributed by atoms with Gasteiger partial charge < -0.3 is 10.2 Å². The Labute approximate surface area is 120 Å². The van der Waals surface area contributed by atoms with Gasteiger partial charge in [0.2, 0.25) is 0 Å².